The first-order chi connectivity index (χ1) is 26.6. The molecule has 288 valence electrons. The number of aliphatic imine (C=N–C) groups is 1. The third-order valence-corrected chi connectivity index (χ3v) is 9.94. The molecule has 2 aliphatic rings. The summed E-state index contributed by atoms with van der Waals surface area (Å²) in [6, 6.07) is 20.1. The predicted octanol–water partition coefficient (Wildman–Crippen LogP) is 9.58. The van der Waals surface area contributed by atoms with Gasteiger partial charge >= 0.3 is 24.6 Å². The number of nitrogens with zero attached hydrogens (tertiary/aromatic N) is 2. The molecule has 10 nitrogen and oxygen atoms in total. The highest BCUT2D eigenvalue weighted by Gasteiger charge is 2.30. The van der Waals surface area contributed by atoms with E-state index in [4.69, 9.17) is 46.9 Å². The summed E-state index contributed by atoms with van der Waals surface area (Å²) >= 11 is 12.9. The fourth-order valence-electron chi connectivity index (χ4n) is 6.35. The van der Waals surface area contributed by atoms with Gasteiger partial charge in [-0.1, -0.05) is 77.8 Å². The number of pyridine rings is 1. The minimum Gasteiger partial charge on any atom is -0.489 e. The Bertz CT molecular complexity index is 1980. The molecule has 55 heavy (non-hydrogen) atoms. The van der Waals surface area contributed by atoms with Gasteiger partial charge in [0.05, 0.1) is 29.2 Å². The number of alkyl halides is 2. The van der Waals surface area contributed by atoms with Gasteiger partial charge < -0.3 is 23.7 Å². The largest absolute Gasteiger partial charge is 0.489 e. The van der Waals surface area contributed by atoms with Crippen molar-refractivity contribution in [3.05, 3.63) is 111 Å². The van der Waals surface area contributed by atoms with Crippen LogP contribution in [0.3, 0.4) is 0 Å². The Morgan fingerprint density at radius 2 is 1.58 bits per heavy atom. The molecule has 14 heteroatoms. The van der Waals surface area contributed by atoms with E-state index < -0.39 is 36.7 Å². The van der Waals surface area contributed by atoms with Crippen LogP contribution in [0, 0.1) is 11.8 Å². The average Bonchev–Trinajstić information content (AvgIpc) is 3.94. The number of ether oxygens (including phenoxy) is 5. The monoisotopic (exact) mass is 794 g/mol. The SMILES string of the molecule is CC(=O)OCCCC(C=NC(=O)OCC1c2ccccc2-c2ccccc21)C(=O)O[C@@H](Cc1c(Cl)cncc1Cl)c1ccc(OC(F)F)c(OCC2CC2)c1. The maximum Gasteiger partial charge on any atom is 0.433 e. The molecule has 1 fully saturated rings. The van der Waals surface area contributed by atoms with E-state index in [1.807, 2.05) is 48.5 Å². The lowest BCUT2D eigenvalue weighted by Gasteiger charge is -2.23. The molecule has 1 amide bonds. The number of aromatic nitrogens is 1. The van der Waals surface area contributed by atoms with Crippen molar-refractivity contribution in [1.82, 2.24) is 4.98 Å². The molecular formula is C41H38Cl2F2N2O8. The number of hydrogen-bond donors (Lipinski definition) is 0. The van der Waals surface area contributed by atoms with Gasteiger partial charge in [-0.25, -0.2) is 4.79 Å². The number of fused-ring (bicyclic) bond motifs is 3. The molecule has 1 aromatic heterocycles. The third-order valence-electron chi connectivity index (χ3n) is 9.29. The molecule has 4 aromatic rings. The van der Waals surface area contributed by atoms with Crippen LogP contribution in [0.25, 0.3) is 11.1 Å². The fraction of sp³-hybridized carbons (Fsp3) is 0.341. The zero-order chi connectivity index (χ0) is 38.9. The third kappa shape index (κ3) is 10.6. The Kier molecular flexibility index (Phi) is 13.3. The summed E-state index contributed by atoms with van der Waals surface area (Å²) in [6.45, 7) is -1.49. The Hall–Kier alpha value is -5.07. The fourth-order valence-corrected chi connectivity index (χ4v) is 6.87. The van der Waals surface area contributed by atoms with Crippen molar-refractivity contribution in [3.63, 3.8) is 0 Å². The maximum absolute atomic E-state index is 14.0. The number of carbonyl (C=O) groups excluding carboxylic acids is 3. The molecule has 0 N–H and O–H groups in total. The molecule has 1 unspecified atom stereocenters. The summed E-state index contributed by atoms with van der Waals surface area (Å²) in [6.07, 6.45) is 4.17. The minimum atomic E-state index is -3.10. The van der Waals surface area contributed by atoms with Gasteiger partial charge in [0.15, 0.2) is 11.5 Å². The molecule has 1 heterocycles. The molecule has 0 spiro atoms. The van der Waals surface area contributed by atoms with Crippen molar-refractivity contribution >= 4 is 47.4 Å². The Labute approximate surface area is 326 Å². The van der Waals surface area contributed by atoms with Crippen molar-refractivity contribution in [2.75, 3.05) is 19.8 Å². The van der Waals surface area contributed by atoms with E-state index in [-0.39, 0.29) is 59.9 Å². The molecule has 0 saturated heterocycles. The summed E-state index contributed by atoms with van der Waals surface area (Å²) in [4.78, 5) is 46.4. The molecule has 0 bridgehead atoms. The van der Waals surface area contributed by atoms with Crippen molar-refractivity contribution in [2.45, 2.75) is 57.7 Å². The number of esters is 2. The number of benzene rings is 3. The summed E-state index contributed by atoms with van der Waals surface area (Å²) in [7, 11) is 0. The molecule has 3 aromatic carbocycles. The van der Waals surface area contributed by atoms with Crippen LogP contribution in [0.1, 0.15) is 66.9 Å². The smallest absolute Gasteiger partial charge is 0.433 e. The normalized spacial score (nSPS) is 14.6. The first kappa shape index (κ1) is 39.6. The first-order valence-corrected chi connectivity index (χ1v) is 18.6. The second-order valence-electron chi connectivity index (χ2n) is 13.2. The zero-order valence-corrected chi connectivity index (χ0v) is 31.3. The highest BCUT2D eigenvalue weighted by atomic mass is 35.5. The standard InChI is InChI=1S/C41H38Cl2F2N2O8/c1-24(48)51-16-6-7-27(19-47-41(50)53-23-33-30-10-4-2-8-28(30)29-9-3-5-11-31(29)33)39(49)54-37(18-32-34(42)20-46-21-35(32)43)26-14-15-36(55-40(44)45)38(17-26)52-22-25-12-13-25/h2-5,8-11,14-15,17,19-21,25,27,33,37,40H,6-7,12-13,16,18,22-23H2,1H3/t27?,37-/m0/s1. The molecule has 2 atom stereocenters. The van der Waals surface area contributed by atoms with Crippen LogP contribution in [0.2, 0.25) is 10.0 Å². The lowest BCUT2D eigenvalue weighted by atomic mass is 9.98. The maximum atomic E-state index is 14.0. The minimum absolute atomic E-state index is 0.0108. The van der Waals surface area contributed by atoms with E-state index in [0.29, 0.717) is 23.7 Å². The Balaban J connectivity index is 1.22. The summed E-state index contributed by atoms with van der Waals surface area (Å²) in [5, 5.41) is 0.428. The second kappa shape index (κ2) is 18.5. The molecule has 6 rings (SSSR count). The van der Waals surface area contributed by atoms with Crippen molar-refractivity contribution < 1.29 is 46.8 Å². The zero-order valence-electron chi connectivity index (χ0n) is 29.8. The van der Waals surface area contributed by atoms with E-state index in [0.717, 1.165) is 41.3 Å². The quantitative estimate of drug-likeness (QED) is 0.0445. The van der Waals surface area contributed by atoms with E-state index in [2.05, 4.69) is 9.98 Å². The van der Waals surface area contributed by atoms with Gasteiger partial charge in [-0.2, -0.15) is 13.8 Å². The van der Waals surface area contributed by atoms with Crippen LogP contribution < -0.4 is 9.47 Å². The molecule has 0 radical (unpaired) electrons. The Morgan fingerprint density at radius 1 is 0.909 bits per heavy atom. The topological polar surface area (TPSA) is 123 Å². The second-order valence-corrected chi connectivity index (χ2v) is 14.0. The number of halogens is 4. The van der Waals surface area contributed by atoms with Crippen molar-refractivity contribution in [1.29, 1.82) is 0 Å². The van der Waals surface area contributed by atoms with Crippen molar-refractivity contribution in [2.24, 2.45) is 16.8 Å². The van der Waals surface area contributed by atoms with Crippen molar-refractivity contribution in [3.8, 4) is 22.6 Å². The summed E-state index contributed by atoms with van der Waals surface area (Å²) < 4.78 is 53.9. The summed E-state index contributed by atoms with van der Waals surface area (Å²) in [5.41, 5.74) is 4.99. The lowest BCUT2D eigenvalue weighted by molar-refractivity contribution is -0.152. The number of amides is 1. The molecule has 1 saturated carbocycles. The van der Waals surface area contributed by atoms with Gasteiger partial charge in [0, 0.05) is 37.9 Å². The van der Waals surface area contributed by atoms with Gasteiger partial charge in [-0.15, -0.1) is 0 Å². The number of carbonyl (C=O) groups is 3. The van der Waals surface area contributed by atoms with Crippen LogP contribution in [0.5, 0.6) is 11.5 Å². The van der Waals surface area contributed by atoms with Gasteiger partial charge in [0.1, 0.15) is 12.7 Å². The van der Waals surface area contributed by atoms with Crippen LogP contribution >= 0.6 is 23.2 Å². The van der Waals surface area contributed by atoms with E-state index in [1.54, 1.807) is 0 Å². The molecule has 0 aliphatic heterocycles. The predicted molar refractivity (Wildman–Crippen MR) is 201 cm³/mol. The number of hydrogen-bond acceptors (Lipinski definition) is 9. The van der Waals surface area contributed by atoms with E-state index >= 15 is 0 Å². The van der Waals surface area contributed by atoms with Gasteiger partial charge in [-0.3, -0.25) is 14.6 Å². The molecule has 2 aliphatic carbocycles. The lowest BCUT2D eigenvalue weighted by Crippen LogP contribution is -2.24. The summed E-state index contributed by atoms with van der Waals surface area (Å²) in [5.74, 6) is -2.38. The highest BCUT2D eigenvalue weighted by molar-refractivity contribution is 6.35. The van der Waals surface area contributed by atoms with Gasteiger partial charge in [-0.05, 0) is 77.1 Å². The van der Waals surface area contributed by atoms with E-state index in [1.165, 1.54) is 37.5 Å². The van der Waals surface area contributed by atoms with Gasteiger partial charge in [0.25, 0.3) is 0 Å². The molecular weight excluding hydrogens is 757 g/mol. The van der Waals surface area contributed by atoms with Crippen LogP contribution in [0.15, 0.2) is 84.1 Å². The van der Waals surface area contributed by atoms with Crippen LogP contribution in [-0.2, 0) is 30.2 Å². The number of rotatable bonds is 17. The average molecular weight is 796 g/mol. The van der Waals surface area contributed by atoms with E-state index in [9.17, 15) is 23.2 Å². The Morgan fingerprint density at radius 3 is 2.22 bits per heavy atom. The van der Waals surface area contributed by atoms with Crippen LogP contribution in [0.4, 0.5) is 13.6 Å². The van der Waals surface area contributed by atoms with Gasteiger partial charge in [0.2, 0.25) is 0 Å². The first-order valence-electron chi connectivity index (χ1n) is 17.8. The highest BCUT2D eigenvalue weighted by Crippen LogP contribution is 2.44. The van der Waals surface area contributed by atoms with Crippen LogP contribution in [-0.4, -0.2) is 55.7 Å².